The maximum atomic E-state index is 11.9. The highest BCUT2D eigenvalue weighted by atomic mass is 32.2. The van der Waals surface area contributed by atoms with E-state index >= 15 is 0 Å². The van der Waals surface area contributed by atoms with E-state index in [1.807, 2.05) is 38.1 Å². The lowest BCUT2D eigenvalue weighted by atomic mass is 10.2. The molecule has 0 amide bonds. The van der Waals surface area contributed by atoms with Crippen LogP contribution in [0.15, 0.2) is 53.4 Å². The predicted octanol–water partition coefficient (Wildman–Crippen LogP) is 2.71. The minimum absolute atomic E-state index is 0.138. The predicted molar refractivity (Wildman–Crippen MR) is 77.5 cm³/mol. The molecule has 1 N–H and O–H groups in total. The molecule has 106 valence electrons. The van der Waals surface area contributed by atoms with Crippen molar-refractivity contribution in [2.75, 3.05) is 0 Å². The van der Waals surface area contributed by atoms with Gasteiger partial charge in [-0.3, -0.25) is 0 Å². The highest BCUT2D eigenvalue weighted by Gasteiger charge is 2.14. The van der Waals surface area contributed by atoms with E-state index in [0.29, 0.717) is 6.54 Å². The Morgan fingerprint density at radius 3 is 1.95 bits per heavy atom. The zero-order chi connectivity index (χ0) is 14.6. The topological polar surface area (TPSA) is 55.4 Å². The van der Waals surface area contributed by atoms with Gasteiger partial charge in [0.2, 0.25) is 0 Å². The summed E-state index contributed by atoms with van der Waals surface area (Å²) in [4.78, 5) is 0.138. The molecular formula is C15H17NO3S. The van der Waals surface area contributed by atoms with Gasteiger partial charge in [0.1, 0.15) is 0 Å². The van der Waals surface area contributed by atoms with Gasteiger partial charge in [0.15, 0.2) is 0 Å². The number of hydroxylamine groups is 1. The van der Waals surface area contributed by atoms with E-state index in [1.165, 1.54) is 12.1 Å². The molecule has 0 aliphatic heterocycles. The van der Waals surface area contributed by atoms with Crippen LogP contribution in [0.5, 0.6) is 0 Å². The van der Waals surface area contributed by atoms with Gasteiger partial charge >= 0.3 is 10.1 Å². The second-order valence-corrected chi connectivity index (χ2v) is 6.20. The molecule has 2 rings (SSSR count). The van der Waals surface area contributed by atoms with Crippen LogP contribution in [0.25, 0.3) is 0 Å². The van der Waals surface area contributed by atoms with Crippen molar-refractivity contribution in [3.63, 3.8) is 0 Å². The molecule has 20 heavy (non-hydrogen) atoms. The molecule has 0 fully saturated rings. The average Bonchev–Trinajstić information content (AvgIpc) is 2.41. The standard InChI is InChI=1S/C15H17NO3S/c1-12-3-7-14(8-4-12)11-16-19-20(17,18)15-9-5-13(2)6-10-15/h3-10,16H,11H2,1-2H3. The molecule has 0 unspecified atom stereocenters. The summed E-state index contributed by atoms with van der Waals surface area (Å²) in [5.41, 5.74) is 5.59. The molecule has 0 saturated heterocycles. The van der Waals surface area contributed by atoms with Crippen molar-refractivity contribution in [3.05, 3.63) is 65.2 Å². The van der Waals surface area contributed by atoms with E-state index < -0.39 is 10.1 Å². The third-order valence-corrected chi connectivity index (χ3v) is 4.06. The van der Waals surface area contributed by atoms with E-state index in [0.717, 1.165) is 16.7 Å². The lowest BCUT2D eigenvalue weighted by Gasteiger charge is -2.07. The van der Waals surface area contributed by atoms with Crippen LogP contribution in [-0.4, -0.2) is 8.42 Å². The molecule has 0 aliphatic rings. The summed E-state index contributed by atoms with van der Waals surface area (Å²) in [6.07, 6.45) is 0. The average molecular weight is 291 g/mol. The van der Waals surface area contributed by atoms with Crippen LogP contribution in [0.1, 0.15) is 16.7 Å². The normalized spacial score (nSPS) is 11.5. The fourth-order valence-corrected chi connectivity index (χ4v) is 2.43. The minimum atomic E-state index is -3.77. The maximum absolute atomic E-state index is 11.9. The first-order valence-corrected chi connectivity index (χ1v) is 7.67. The van der Waals surface area contributed by atoms with Gasteiger partial charge in [0.25, 0.3) is 0 Å². The minimum Gasteiger partial charge on any atom is -0.192 e. The second kappa shape index (κ2) is 6.17. The van der Waals surface area contributed by atoms with Crippen molar-refractivity contribution in [1.82, 2.24) is 5.48 Å². The number of hydrogen-bond donors (Lipinski definition) is 1. The smallest absolute Gasteiger partial charge is 0.192 e. The Hall–Kier alpha value is -1.69. The molecule has 2 aromatic rings. The molecular weight excluding hydrogens is 274 g/mol. The van der Waals surface area contributed by atoms with Crippen LogP contribution < -0.4 is 5.48 Å². The lowest BCUT2D eigenvalue weighted by molar-refractivity contribution is 0.199. The second-order valence-electron chi connectivity index (χ2n) is 4.66. The van der Waals surface area contributed by atoms with Crippen molar-refractivity contribution >= 4 is 10.1 Å². The molecule has 5 heteroatoms. The Labute approximate surface area is 119 Å². The summed E-state index contributed by atoms with van der Waals surface area (Å²) in [5, 5.41) is 0. The first-order valence-electron chi connectivity index (χ1n) is 6.26. The molecule has 0 heterocycles. The largest absolute Gasteiger partial charge is 0.312 e. The Bertz CT molecular complexity index is 661. The number of hydrogen-bond acceptors (Lipinski definition) is 4. The van der Waals surface area contributed by atoms with Gasteiger partial charge in [0, 0.05) is 6.54 Å². The molecule has 0 aliphatic carbocycles. The Morgan fingerprint density at radius 1 is 0.900 bits per heavy atom. The van der Waals surface area contributed by atoms with Crippen LogP contribution in [0.2, 0.25) is 0 Å². The number of benzene rings is 2. The van der Waals surface area contributed by atoms with Crippen molar-refractivity contribution in [3.8, 4) is 0 Å². The molecule has 0 bridgehead atoms. The zero-order valence-corrected chi connectivity index (χ0v) is 12.3. The van der Waals surface area contributed by atoms with Crippen molar-refractivity contribution in [2.45, 2.75) is 25.3 Å². The Balaban J connectivity index is 1.96. The third kappa shape index (κ3) is 3.90. The molecule has 0 spiro atoms. The fraction of sp³-hybridized carbons (Fsp3) is 0.200. The van der Waals surface area contributed by atoms with Crippen LogP contribution in [0.4, 0.5) is 0 Å². The first-order chi connectivity index (χ1) is 9.47. The van der Waals surface area contributed by atoms with E-state index in [1.54, 1.807) is 12.1 Å². The van der Waals surface area contributed by atoms with Crippen LogP contribution in [0.3, 0.4) is 0 Å². The summed E-state index contributed by atoms with van der Waals surface area (Å²) < 4.78 is 28.6. The molecule has 0 atom stereocenters. The van der Waals surface area contributed by atoms with E-state index in [9.17, 15) is 8.42 Å². The van der Waals surface area contributed by atoms with Gasteiger partial charge in [0.05, 0.1) is 4.90 Å². The van der Waals surface area contributed by atoms with Gasteiger partial charge in [-0.1, -0.05) is 47.5 Å². The summed E-state index contributed by atoms with van der Waals surface area (Å²) in [7, 11) is -3.77. The van der Waals surface area contributed by atoms with E-state index in [-0.39, 0.29) is 4.90 Å². The summed E-state index contributed by atoms with van der Waals surface area (Å²) in [5.74, 6) is 0. The summed E-state index contributed by atoms with van der Waals surface area (Å²) in [6, 6.07) is 14.3. The summed E-state index contributed by atoms with van der Waals surface area (Å²) in [6.45, 7) is 4.22. The fourth-order valence-electron chi connectivity index (χ4n) is 1.65. The van der Waals surface area contributed by atoms with Gasteiger partial charge in [-0.2, -0.15) is 18.2 Å². The number of rotatable bonds is 5. The van der Waals surface area contributed by atoms with Gasteiger partial charge in [-0.15, -0.1) is 0 Å². The highest BCUT2D eigenvalue weighted by Crippen LogP contribution is 2.12. The molecule has 2 aromatic carbocycles. The number of aryl methyl sites for hydroxylation is 2. The van der Waals surface area contributed by atoms with Gasteiger partial charge in [-0.05, 0) is 31.5 Å². The zero-order valence-electron chi connectivity index (χ0n) is 11.5. The monoisotopic (exact) mass is 291 g/mol. The molecule has 0 aromatic heterocycles. The van der Waals surface area contributed by atoms with Crippen molar-refractivity contribution in [1.29, 1.82) is 0 Å². The van der Waals surface area contributed by atoms with Crippen molar-refractivity contribution < 1.29 is 12.7 Å². The third-order valence-electron chi connectivity index (χ3n) is 2.88. The number of nitrogens with one attached hydrogen (secondary N) is 1. The van der Waals surface area contributed by atoms with Crippen molar-refractivity contribution in [2.24, 2.45) is 0 Å². The van der Waals surface area contributed by atoms with Gasteiger partial charge < -0.3 is 0 Å². The molecule has 0 saturated carbocycles. The van der Waals surface area contributed by atoms with Gasteiger partial charge in [-0.25, -0.2) is 0 Å². The highest BCUT2D eigenvalue weighted by molar-refractivity contribution is 7.86. The van der Waals surface area contributed by atoms with E-state index in [2.05, 4.69) is 5.48 Å². The Morgan fingerprint density at radius 2 is 1.40 bits per heavy atom. The van der Waals surface area contributed by atoms with Crippen LogP contribution in [0, 0.1) is 13.8 Å². The quantitative estimate of drug-likeness (QED) is 0.861. The van der Waals surface area contributed by atoms with Crippen LogP contribution in [-0.2, 0) is 20.9 Å². The summed E-state index contributed by atoms with van der Waals surface area (Å²) >= 11 is 0. The molecule has 0 radical (unpaired) electrons. The SMILES string of the molecule is Cc1ccc(CNOS(=O)(=O)c2ccc(C)cc2)cc1. The van der Waals surface area contributed by atoms with Crippen LogP contribution >= 0.6 is 0 Å². The first kappa shape index (κ1) is 14.7. The van der Waals surface area contributed by atoms with E-state index in [4.69, 9.17) is 4.28 Å². The molecule has 4 nitrogen and oxygen atoms in total. The maximum Gasteiger partial charge on any atom is 0.312 e. The Kier molecular flexibility index (Phi) is 4.54. The lowest BCUT2D eigenvalue weighted by Crippen LogP contribution is -2.20.